The van der Waals surface area contributed by atoms with E-state index < -0.39 is 8.32 Å². The molecule has 21 heavy (non-hydrogen) atoms. The molecule has 0 spiro atoms. The zero-order valence-corrected chi connectivity index (χ0v) is 15.4. The molecule has 1 N–H and O–H groups in total. The fourth-order valence-corrected chi connectivity index (χ4v) is 4.19. The summed E-state index contributed by atoms with van der Waals surface area (Å²) in [5, 5.41) is 9.93. The molecule has 0 unspecified atom stereocenters. The zero-order valence-electron chi connectivity index (χ0n) is 14.4. The molecule has 1 aliphatic rings. The molecule has 0 aromatic heterocycles. The first-order valence-corrected chi connectivity index (χ1v) is 10.9. The predicted molar refractivity (Wildman–Crippen MR) is 86.6 cm³/mol. The van der Waals surface area contributed by atoms with E-state index in [2.05, 4.69) is 33.9 Å². The Bertz CT molecular complexity index is 349. The van der Waals surface area contributed by atoms with Gasteiger partial charge in [-0.3, -0.25) is 4.79 Å². The van der Waals surface area contributed by atoms with E-state index in [9.17, 15) is 9.90 Å². The monoisotopic (exact) mass is 316 g/mol. The molecule has 1 fully saturated rings. The minimum atomic E-state index is -1.80. The maximum atomic E-state index is 10.8. The lowest BCUT2D eigenvalue weighted by Gasteiger charge is -2.40. The third-order valence-corrected chi connectivity index (χ3v) is 9.67. The molecule has 0 aromatic rings. The van der Waals surface area contributed by atoms with Crippen molar-refractivity contribution in [1.29, 1.82) is 0 Å². The molecular formula is C16H32O4Si. The van der Waals surface area contributed by atoms with Gasteiger partial charge >= 0.3 is 5.97 Å². The highest BCUT2D eigenvalue weighted by molar-refractivity contribution is 6.74. The van der Waals surface area contributed by atoms with Gasteiger partial charge in [-0.15, -0.1) is 0 Å². The molecule has 0 aliphatic heterocycles. The van der Waals surface area contributed by atoms with Gasteiger partial charge in [0.25, 0.3) is 0 Å². The van der Waals surface area contributed by atoms with E-state index >= 15 is 0 Å². The van der Waals surface area contributed by atoms with E-state index in [-0.39, 0.29) is 29.6 Å². The van der Waals surface area contributed by atoms with Gasteiger partial charge in [-0.25, -0.2) is 0 Å². The van der Waals surface area contributed by atoms with Crippen molar-refractivity contribution in [3.8, 4) is 0 Å². The van der Waals surface area contributed by atoms with Crippen molar-refractivity contribution in [1.82, 2.24) is 0 Å². The zero-order chi connectivity index (χ0) is 16.3. The Hall–Kier alpha value is -0.393. The van der Waals surface area contributed by atoms with Crippen LogP contribution in [-0.2, 0) is 14.0 Å². The Kier molecular flexibility index (Phi) is 6.44. The fourth-order valence-electron chi connectivity index (χ4n) is 2.79. The number of carbonyl (C=O) groups excluding carboxylic acids is 1. The van der Waals surface area contributed by atoms with Gasteiger partial charge in [0, 0.05) is 19.4 Å². The topological polar surface area (TPSA) is 55.8 Å². The number of aliphatic hydroxyl groups excluding tert-OH is 1. The lowest BCUT2D eigenvalue weighted by Crippen LogP contribution is -2.45. The van der Waals surface area contributed by atoms with Gasteiger partial charge in [0.1, 0.15) is 0 Å². The van der Waals surface area contributed by atoms with Crippen molar-refractivity contribution in [3.05, 3.63) is 0 Å². The largest absolute Gasteiger partial charge is 0.466 e. The lowest BCUT2D eigenvalue weighted by molar-refractivity contribution is -0.141. The standard InChI is InChI=1S/C16H32O4Si/c1-12(18)19-10-9-13-7-8-15(14(13)11-17)20-21(5,6)16(2,3)4/h13-15,17H,7-11H2,1-6H3/t13-,14+,15-/m0/s1. The summed E-state index contributed by atoms with van der Waals surface area (Å²) in [4.78, 5) is 10.8. The molecule has 1 aliphatic carbocycles. The summed E-state index contributed by atoms with van der Waals surface area (Å²) in [6.45, 7) is 13.3. The van der Waals surface area contributed by atoms with Crippen molar-refractivity contribution < 1.29 is 19.1 Å². The van der Waals surface area contributed by atoms with Gasteiger partial charge < -0.3 is 14.3 Å². The van der Waals surface area contributed by atoms with E-state index in [1.807, 2.05) is 0 Å². The van der Waals surface area contributed by atoms with Crippen LogP contribution < -0.4 is 0 Å². The molecule has 0 heterocycles. The van der Waals surface area contributed by atoms with Crippen LogP contribution in [-0.4, -0.2) is 38.7 Å². The Balaban J connectivity index is 2.59. The minimum absolute atomic E-state index is 0.151. The molecule has 0 aromatic carbocycles. The van der Waals surface area contributed by atoms with Crippen molar-refractivity contribution in [2.75, 3.05) is 13.2 Å². The SMILES string of the molecule is CC(=O)OCC[C@@H]1CC[C@H](O[Si](C)(C)C(C)(C)C)[C@@H]1CO. The van der Waals surface area contributed by atoms with Gasteiger partial charge in [0.05, 0.1) is 12.7 Å². The van der Waals surface area contributed by atoms with Crippen LogP contribution >= 0.6 is 0 Å². The molecule has 0 radical (unpaired) electrons. The Morgan fingerprint density at radius 1 is 1.29 bits per heavy atom. The highest BCUT2D eigenvalue weighted by Crippen LogP contribution is 2.43. The molecule has 5 heteroatoms. The second-order valence-electron chi connectivity index (χ2n) is 7.73. The Morgan fingerprint density at radius 2 is 1.90 bits per heavy atom. The molecule has 0 amide bonds. The van der Waals surface area contributed by atoms with Gasteiger partial charge in [-0.05, 0) is 43.3 Å². The maximum absolute atomic E-state index is 10.8. The number of rotatable bonds is 6. The van der Waals surface area contributed by atoms with E-state index in [1.54, 1.807) is 0 Å². The minimum Gasteiger partial charge on any atom is -0.466 e. The summed E-state index contributed by atoms with van der Waals surface area (Å²) in [5.74, 6) is 0.335. The number of ether oxygens (including phenoxy) is 1. The highest BCUT2D eigenvalue weighted by Gasteiger charge is 2.44. The normalized spacial score (nSPS) is 26.9. The van der Waals surface area contributed by atoms with Crippen LogP contribution in [0.4, 0.5) is 0 Å². The summed E-state index contributed by atoms with van der Waals surface area (Å²) < 4.78 is 11.5. The Labute approximate surface area is 130 Å². The highest BCUT2D eigenvalue weighted by atomic mass is 28.4. The first-order valence-electron chi connectivity index (χ1n) is 8.00. The smallest absolute Gasteiger partial charge is 0.302 e. The van der Waals surface area contributed by atoms with Crippen molar-refractivity contribution >= 4 is 14.3 Å². The molecule has 1 rings (SSSR count). The van der Waals surface area contributed by atoms with Crippen LogP contribution in [0.2, 0.25) is 18.1 Å². The van der Waals surface area contributed by atoms with E-state index in [0.717, 1.165) is 19.3 Å². The number of aliphatic hydroxyl groups is 1. The first kappa shape index (κ1) is 18.7. The van der Waals surface area contributed by atoms with Gasteiger partial charge in [0.2, 0.25) is 0 Å². The summed E-state index contributed by atoms with van der Waals surface area (Å²) in [5.41, 5.74) is 0. The summed E-state index contributed by atoms with van der Waals surface area (Å²) in [6, 6.07) is 0. The third-order valence-electron chi connectivity index (χ3n) is 5.16. The van der Waals surface area contributed by atoms with Crippen LogP contribution in [0.15, 0.2) is 0 Å². The van der Waals surface area contributed by atoms with E-state index in [1.165, 1.54) is 6.92 Å². The number of hydrogen-bond acceptors (Lipinski definition) is 4. The van der Waals surface area contributed by atoms with Crippen LogP contribution in [0.5, 0.6) is 0 Å². The van der Waals surface area contributed by atoms with Gasteiger partial charge in [-0.2, -0.15) is 0 Å². The second-order valence-corrected chi connectivity index (χ2v) is 12.5. The van der Waals surface area contributed by atoms with Crippen LogP contribution in [0, 0.1) is 11.8 Å². The summed E-state index contributed by atoms with van der Waals surface area (Å²) in [6.07, 6.45) is 3.02. The maximum Gasteiger partial charge on any atom is 0.302 e. The molecule has 0 saturated heterocycles. The van der Waals surface area contributed by atoms with E-state index in [4.69, 9.17) is 9.16 Å². The van der Waals surface area contributed by atoms with Gasteiger partial charge in [0.15, 0.2) is 8.32 Å². The average Bonchev–Trinajstić information content (AvgIpc) is 2.68. The Morgan fingerprint density at radius 3 is 2.38 bits per heavy atom. The van der Waals surface area contributed by atoms with Crippen LogP contribution in [0.3, 0.4) is 0 Å². The average molecular weight is 317 g/mol. The fraction of sp³-hybridized carbons (Fsp3) is 0.938. The van der Waals surface area contributed by atoms with Crippen LogP contribution in [0.1, 0.15) is 47.0 Å². The molecule has 1 saturated carbocycles. The second kappa shape index (κ2) is 7.25. The molecule has 124 valence electrons. The molecule has 0 bridgehead atoms. The quantitative estimate of drug-likeness (QED) is 0.603. The van der Waals surface area contributed by atoms with Gasteiger partial charge in [-0.1, -0.05) is 20.8 Å². The van der Waals surface area contributed by atoms with Crippen molar-refractivity contribution in [2.45, 2.75) is 71.2 Å². The van der Waals surface area contributed by atoms with Crippen LogP contribution in [0.25, 0.3) is 0 Å². The first-order chi connectivity index (χ1) is 9.58. The summed E-state index contributed by atoms with van der Waals surface area (Å²) in [7, 11) is -1.80. The van der Waals surface area contributed by atoms with E-state index in [0.29, 0.717) is 12.5 Å². The molecular weight excluding hydrogens is 284 g/mol. The number of carbonyl (C=O) groups is 1. The number of esters is 1. The molecule has 3 atom stereocenters. The molecule has 4 nitrogen and oxygen atoms in total. The predicted octanol–water partition coefficient (Wildman–Crippen LogP) is 3.35. The summed E-state index contributed by atoms with van der Waals surface area (Å²) >= 11 is 0. The lowest BCUT2D eigenvalue weighted by atomic mass is 9.93. The third kappa shape index (κ3) is 5.08. The van der Waals surface area contributed by atoms with Crippen molar-refractivity contribution in [3.63, 3.8) is 0 Å². The van der Waals surface area contributed by atoms with Crippen molar-refractivity contribution in [2.24, 2.45) is 11.8 Å². The number of hydrogen-bond donors (Lipinski definition) is 1.